The van der Waals surface area contributed by atoms with Crippen molar-refractivity contribution >= 4 is 11.8 Å². The van der Waals surface area contributed by atoms with Crippen LogP contribution in [-0.4, -0.2) is 35.3 Å². The van der Waals surface area contributed by atoms with Gasteiger partial charge in [0.25, 0.3) is 0 Å². The smallest absolute Gasteiger partial charge is 0.243 e. The van der Waals surface area contributed by atoms with E-state index in [0.717, 1.165) is 45.2 Å². The zero-order chi connectivity index (χ0) is 14.6. The number of rotatable bonds is 3. The molecule has 0 aromatic rings. The average Bonchev–Trinajstić information content (AvgIpc) is 2.48. The summed E-state index contributed by atoms with van der Waals surface area (Å²) in [6.07, 6.45) is 10.0. The fourth-order valence-corrected chi connectivity index (χ4v) is 2.97. The summed E-state index contributed by atoms with van der Waals surface area (Å²) in [7, 11) is 0. The van der Waals surface area contributed by atoms with Gasteiger partial charge in [-0.1, -0.05) is 18.7 Å². The molecular weight excluding hydrogens is 252 g/mol. The molecule has 1 aliphatic carbocycles. The SMILES string of the molecule is C=CC(=O)NC1(C)CCN(C(=O)[C@@H]2CC=CCC2)CC1. The molecule has 0 unspecified atom stereocenters. The second kappa shape index (κ2) is 6.25. The lowest BCUT2D eigenvalue weighted by Gasteiger charge is -2.41. The van der Waals surface area contributed by atoms with Crippen LogP contribution in [0.2, 0.25) is 0 Å². The normalized spacial score (nSPS) is 25.1. The second-order valence-electron chi connectivity index (χ2n) is 6.06. The number of nitrogens with zero attached hydrogens (tertiary/aromatic N) is 1. The number of likely N-dealkylation sites (tertiary alicyclic amines) is 1. The van der Waals surface area contributed by atoms with Gasteiger partial charge in [-0.3, -0.25) is 9.59 Å². The highest BCUT2D eigenvalue weighted by Gasteiger charge is 2.34. The Labute approximate surface area is 120 Å². The van der Waals surface area contributed by atoms with E-state index in [4.69, 9.17) is 0 Å². The molecule has 4 heteroatoms. The third-order valence-corrected chi connectivity index (χ3v) is 4.41. The molecule has 0 bridgehead atoms. The average molecular weight is 276 g/mol. The Morgan fingerprint density at radius 3 is 2.60 bits per heavy atom. The molecule has 1 N–H and O–H groups in total. The number of carbonyl (C=O) groups is 2. The lowest BCUT2D eigenvalue weighted by molar-refractivity contribution is -0.137. The number of hydrogen-bond acceptors (Lipinski definition) is 2. The molecule has 0 radical (unpaired) electrons. The van der Waals surface area contributed by atoms with Gasteiger partial charge >= 0.3 is 0 Å². The third kappa shape index (κ3) is 3.50. The summed E-state index contributed by atoms with van der Waals surface area (Å²) in [6, 6.07) is 0. The maximum Gasteiger partial charge on any atom is 0.243 e. The zero-order valence-corrected chi connectivity index (χ0v) is 12.2. The lowest BCUT2D eigenvalue weighted by Crippen LogP contribution is -2.54. The molecule has 2 amide bonds. The van der Waals surface area contributed by atoms with Crippen molar-refractivity contribution < 1.29 is 9.59 Å². The predicted molar refractivity (Wildman–Crippen MR) is 79.0 cm³/mol. The summed E-state index contributed by atoms with van der Waals surface area (Å²) in [5.74, 6) is 0.309. The molecule has 2 rings (SSSR count). The minimum absolute atomic E-state index is 0.135. The molecule has 1 aliphatic heterocycles. The van der Waals surface area contributed by atoms with Crippen LogP contribution in [0.3, 0.4) is 0 Å². The Kier molecular flexibility index (Phi) is 4.63. The fourth-order valence-electron chi connectivity index (χ4n) is 2.97. The van der Waals surface area contributed by atoms with Gasteiger partial charge in [-0.05, 0) is 45.1 Å². The van der Waals surface area contributed by atoms with Gasteiger partial charge in [0, 0.05) is 24.5 Å². The number of amides is 2. The molecular formula is C16H24N2O2. The Balaban J connectivity index is 1.87. The number of piperidine rings is 1. The summed E-state index contributed by atoms with van der Waals surface area (Å²) >= 11 is 0. The standard InChI is InChI=1S/C16H24N2O2/c1-3-14(19)17-16(2)9-11-18(12-10-16)15(20)13-7-5-4-6-8-13/h3-5,13H,1,6-12H2,2H3,(H,17,19)/t13-/m1/s1. The molecule has 1 saturated heterocycles. The van der Waals surface area contributed by atoms with E-state index >= 15 is 0 Å². The molecule has 1 fully saturated rings. The monoisotopic (exact) mass is 276 g/mol. The highest BCUT2D eigenvalue weighted by Crippen LogP contribution is 2.26. The molecule has 0 saturated carbocycles. The zero-order valence-electron chi connectivity index (χ0n) is 12.2. The van der Waals surface area contributed by atoms with Crippen molar-refractivity contribution in [1.29, 1.82) is 0 Å². The van der Waals surface area contributed by atoms with Crippen molar-refractivity contribution in [2.24, 2.45) is 5.92 Å². The fraction of sp³-hybridized carbons (Fsp3) is 0.625. The first-order chi connectivity index (χ1) is 9.54. The Morgan fingerprint density at radius 2 is 2.05 bits per heavy atom. The van der Waals surface area contributed by atoms with E-state index in [1.54, 1.807) is 0 Å². The van der Waals surface area contributed by atoms with Gasteiger partial charge < -0.3 is 10.2 Å². The molecule has 1 atom stereocenters. The van der Waals surface area contributed by atoms with E-state index in [1.807, 2.05) is 11.8 Å². The van der Waals surface area contributed by atoms with Crippen LogP contribution in [0.25, 0.3) is 0 Å². The first kappa shape index (κ1) is 14.8. The van der Waals surface area contributed by atoms with Crippen LogP contribution >= 0.6 is 0 Å². The minimum Gasteiger partial charge on any atom is -0.347 e. The van der Waals surface area contributed by atoms with E-state index < -0.39 is 0 Å². The predicted octanol–water partition coefficient (Wildman–Crippen LogP) is 2.03. The maximum atomic E-state index is 12.4. The second-order valence-corrected chi connectivity index (χ2v) is 6.06. The van der Waals surface area contributed by atoms with Crippen molar-refractivity contribution in [3.63, 3.8) is 0 Å². The van der Waals surface area contributed by atoms with Gasteiger partial charge in [0.05, 0.1) is 0 Å². The van der Waals surface area contributed by atoms with Crippen LogP contribution < -0.4 is 5.32 Å². The van der Waals surface area contributed by atoms with E-state index in [1.165, 1.54) is 6.08 Å². The van der Waals surface area contributed by atoms with Crippen LogP contribution in [-0.2, 0) is 9.59 Å². The largest absolute Gasteiger partial charge is 0.347 e. The van der Waals surface area contributed by atoms with Crippen molar-refractivity contribution in [1.82, 2.24) is 10.2 Å². The van der Waals surface area contributed by atoms with Crippen LogP contribution in [0.5, 0.6) is 0 Å². The van der Waals surface area contributed by atoms with Crippen LogP contribution in [0.4, 0.5) is 0 Å². The topological polar surface area (TPSA) is 49.4 Å². The molecule has 110 valence electrons. The Bertz CT molecular complexity index is 420. The number of hydrogen-bond donors (Lipinski definition) is 1. The summed E-state index contributed by atoms with van der Waals surface area (Å²) < 4.78 is 0. The molecule has 1 heterocycles. The van der Waals surface area contributed by atoms with Gasteiger partial charge in [0.2, 0.25) is 11.8 Å². The van der Waals surface area contributed by atoms with Crippen molar-refractivity contribution in [2.45, 2.75) is 44.6 Å². The summed E-state index contributed by atoms with van der Waals surface area (Å²) in [5, 5.41) is 2.98. The van der Waals surface area contributed by atoms with Gasteiger partial charge in [-0.15, -0.1) is 0 Å². The van der Waals surface area contributed by atoms with Crippen LogP contribution in [0, 0.1) is 5.92 Å². The van der Waals surface area contributed by atoms with Crippen LogP contribution in [0.1, 0.15) is 39.0 Å². The first-order valence-corrected chi connectivity index (χ1v) is 7.42. The Morgan fingerprint density at radius 1 is 1.35 bits per heavy atom. The number of allylic oxidation sites excluding steroid dienone is 2. The molecule has 2 aliphatic rings. The third-order valence-electron chi connectivity index (χ3n) is 4.41. The molecule has 20 heavy (non-hydrogen) atoms. The first-order valence-electron chi connectivity index (χ1n) is 7.42. The summed E-state index contributed by atoms with van der Waals surface area (Å²) in [5.41, 5.74) is -0.214. The van der Waals surface area contributed by atoms with Crippen molar-refractivity contribution in [2.75, 3.05) is 13.1 Å². The van der Waals surface area contributed by atoms with E-state index in [-0.39, 0.29) is 23.3 Å². The van der Waals surface area contributed by atoms with E-state index in [9.17, 15) is 9.59 Å². The maximum absolute atomic E-state index is 12.4. The summed E-state index contributed by atoms with van der Waals surface area (Å²) in [6.45, 7) is 6.98. The highest BCUT2D eigenvalue weighted by atomic mass is 16.2. The summed E-state index contributed by atoms with van der Waals surface area (Å²) in [4.78, 5) is 25.8. The number of nitrogens with one attached hydrogen (secondary N) is 1. The van der Waals surface area contributed by atoms with E-state index in [0.29, 0.717) is 0 Å². The molecule has 4 nitrogen and oxygen atoms in total. The Hall–Kier alpha value is -1.58. The molecule has 0 aromatic carbocycles. The van der Waals surface area contributed by atoms with Crippen molar-refractivity contribution in [3.05, 3.63) is 24.8 Å². The van der Waals surface area contributed by atoms with Gasteiger partial charge in [-0.25, -0.2) is 0 Å². The molecule has 0 aromatic heterocycles. The van der Waals surface area contributed by atoms with Crippen molar-refractivity contribution in [3.8, 4) is 0 Å². The minimum atomic E-state index is -0.214. The van der Waals surface area contributed by atoms with Gasteiger partial charge in [0.1, 0.15) is 0 Å². The van der Waals surface area contributed by atoms with Gasteiger partial charge in [-0.2, -0.15) is 0 Å². The molecule has 0 spiro atoms. The van der Waals surface area contributed by atoms with Gasteiger partial charge in [0.15, 0.2) is 0 Å². The van der Waals surface area contributed by atoms with Crippen LogP contribution in [0.15, 0.2) is 24.8 Å². The number of carbonyl (C=O) groups excluding carboxylic acids is 2. The quantitative estimate of drug-likeness (QED) is 0.633. The van der Waals surface area contributed by atoms with E-state index in [2.05, 4.69) is 24.0 Å². The highest BCUT2D eigenvalue weighted by molar-refractivity contribution is 5.87. The lowest BCUT2D eigenvalue weighted by atomic mass is 9.87.